The number of nitrogens with zero attached hydrogens (tertiary/aromatic N) is 3. The van der Waals surface area contributed by atoms with Crippen LogP contribution >= 0.6 is 11.8 Å². The van der Waals surface area contributed by atoms with E-state index >= 15 is 0 Å². The lowest BCUT2D eigenvalue weighted by Gasteiger charge is -2.16. The first-order chi connectivity index (χ1) is 12.7. The molecule has 1 aromatic heterocycles. The number of aromatic nitrogens is 2. The molecule has 26 heavy (non-hydrogen) atoms. The van der Waals surface area contributed by atoms with Gasteiger partial charge in [-0.25, -0.2) is 9.97 Å². The van der Waals surface area contributed by atoms with E-state index in [4.69, 9.17) is 0 Å². The van der Waals surface area contributed by atoms with Gasteiger partial charge in [0.05, 0.1) is 0 Å². The third kappa shape index (κ3) is 4.95. The summed E-state index contributed by atoms with van der Waals surface area (Å²) in [5.41, 5.74) is 3.22. The summed E-state index contributed by atoms with van der Waals surface area (Å²) in [7, 11) is 0. The summed E-state index contributed by atoms with van der Waals surface area (Å²) in [5, 5.41) is 7.55. The Bertz CT molecular complexity index is 767. The number of likely N-dealkylation sites (tertiary alicyclic amines) is 1. The average Bonchev–Trinajstić information content (AvgIpc) is 3.04. The number of hydrogen-bond acceptors (Lipinski definition) is 6. The second-order valence-corrected chi connectivity index (χ2v) is 7.16. The fourth-order valence-corrected chi connectivity index (χ4v) is 3.30. The van der Waals surface area contributed by atoms with Crippen LogP contribution in [-0.2, 0) is 11.3 Å². The number of anilines is 2. The third-order valence-corrected chi connectivity index (χ3v) is 4.91. The van der Waals surface area contributed by atoms with Crippen LogP contribution in [0, 0.1) is 6.92 Å². The van der Waals surface area contributed by atoms with Crippen LogP contribution in [0.2, 0.25) is 0 Å². The monoisotopic (exact) mass is 371 g/mol. The lowest BCUT2D eigenvalue weighted by molar-refractivity contribution is -0.127. The Hall–Kier alpha value is -2.12. The highest BCUT2D eigenvalue weighted by molar-refractivity contribution is 7.98. The smallest absolute Gasteiger partial charge is 0.222 e. The lowest BCUT2D eigenvalue weighted by atomic mass is 10.2. The summed E-state index contributed by atoms with van der Waals surface area (Å²) in [5.74, 6) is 1.08. The van der Waals surface area contributed by atoms with Crippen molar-refractivity contribution in [3.63, 3.8) is 0 Å². The summed E-state index contributed by atoms with van der Waals surface area (Å²) in [6, 6.07) is 8.22. The molecule has 0 saturated carbocycles. The van der Waals surface area contributed by atoms with Crippen molar-refractivity contribution in [3.05, 3.63) is 41.6 Å². The molecule has 6 nitrogen and oxygen atoms in total. The van der Waals surface area contributed by atoms with Crippen molar-refractivity contribution >= 4 is 29.2 Å². The standard InChI is InChI=1S/C19H25N5OS/c1-14-5-3-6-16(11-14)22-18-15(13-21-19(23-18)26-2)12-20-8-10-24-9-4-7-17(24)25/h3,5-6,11,13,20H,4,7-10,12H2,1-2H3,(H,21,22,23). The van der Waals surface area contributed by atoms with Crippen LogP contribution in [0.3, 0.4) is 0 Å². The van der Waals surface area contributed by atoms with E-state index in [0.717, 1.165) is 48.3 Å². The number of aryl methyl sites for hydroxylation is 1. The fourth-order valence-electron chi connectivity index (χ4n) is 2.96. The maximum absolute atomic E-state index is 11.7. The van der Waals surface area contributed by atoms with Crippen LogP contribution in [0.4, 0.5) is 11.5 Å². The van der Waals surface area contributed by atoms with Crippen molar-refractivity contribution in [1.29, 1.82) is 0 Å². The largest absolute Gasteiger partial charge is 0.341 e. The molecule has 138 valence electrons. The highest BCUT2D eigenvalue weighted by Crippen LogP contribution is 2.21. The van der Waals surface area contributed by atoms with Gasteiger partial charge in [0, 0.05) is 50.0 Å². The molecule has 1 saturated heterocycles. The van der Waals surface area contributed by atoms with E-state index in [9.17, 15) is 4.79 Å². The second kappa shape index (κ2) is 9.00. The molecule has 1 aliphatic rings. The van der Waals surface area contributed by atoms with Gasteiger partial charge >= 0.3 is 0 Å². The van der Waals surface area contributed by atoms with Crippen molar-refractivity contribution < 1.29 is 4.79 Å². The minimum Gasteiger partial charge on any atom is -0.341 e. The number of hydrogen-bond donors (Lipinski definition) is 2. The number of rotatable bonds is 8. The quantitative estimate of drug-likeness (QED) is 0.422. The summed E-state index contributed by atoms with van der Waals surface area (Å²) >= 11 is 1.52. The second-order valence-electron chi connectivity index (χ2n) is 6.39. The van der Waals surface area contributed by atoms with Gasteiger partial charge in [-0.3, -0.25) is 4.79 Å². The van der Waals surface area contributed by atoms with Crippen LogP contribution in [-0.4, -0.2) is 46.7 Å². The van der Waals surface area contributed by atoms with E-state index in [1.54, 1.807) is 0 Å². The van der Waals surface area contributed by atoms with Gasteiger partial charge in [0.15, 0.2) is 5.16 Å². The molecule has 7 heteroatoms. The molecule has 2 heterocycles. The molecule has 0 atom stereocenters. The molecule has 1 aromatic carbocycles. The Morgan fingerprint density at radius 3 is 2.96 bits per heavy atom. The number of amides is 1. The van der Waals surface area contributed by atoms with Crippen molar-refractivity contribution in [3.8, 4) is 0 Å². The molecule has 1 fully saturated rings. The van der Waals surface area contributed by atoms with Gasteiger partial charge in [0.2, 0.25) is 5.91 Å². The molecule has 1 aliphatic heterocycles. The molecule has 0 unspecified atom stereocenters. The molecular weight excluding hydrogens is 346 g/mol. The van der Waals surface area contributed by atoms with Crippen LogP contribution in [0.25, 0.3) is 0 Å². The zero-order chi connectivity index (χ0) is 18.4. The number of benzene rings is 1. The highest BCUT2D eigenvalue weighted by atomic mass is 32.2. The molecule has 2 aromatic rings. The van der Waals surface area contributed by atoms with Crippen molar-refractivity contribution in [2.45, 2.75) is 31.5 Å². The highest BCUT2D eigenvalue weighted by Gasteiger charge is 2.19. The van der Waals surface area contributed by atoms with Gasteiger partial charge < -0.3 is 15.5 Å². The summed E-state index contributed by atoms with van der Waals surface area (Å²) in [4.78, 5) is 22.6. The zero-order valence-electron chi connectivity index (χ0n) is 15.3. The first-order valence-corrected chi connectivity index (χ1v) is 10.1. The van der Waals surface area contributed by atoms with E-state index in [1.165, 1.54) is 17.3 Å². The Morgan fingerprint density at radius 2 is 2.23 bits per heavy atom. The Balaban J connectivity index is 1.63. The number of nitrogens with one attached hydrogen (secondary N) is 2. The molecule has 3 rings (SSSR count). The topological polar surface area (TPSA) is 70.2 Å². The lowest BCUT2D eigenvalue weighted by Crippen LogP contribution is -2.32. The van der Waals surface area contributed by atoms with Crippen LogP contribution in [0.1, 0.15) is 24.0 Å². The van der Waals surface area contributed by atoms with Gasteiger partial charge in [-0.2, -0.15) is 0 Å². The van der Waals surface area contributed by atoms with Crippen LogP contribution in [0.5, 0.6) is 0 Å². The van der Waals surface area contributed by atoms with Gasteiger partial charge in [0.25, 0.3) is 0 Å². The third-order valence-electron chi connectivity index (χ3n) is 4.35. The molecular formula is C19H25N5OS. The van der Waals surface area contributed by atoms with Crippen LogP contribution in [0.15, 0.2) is 35.6 Å². The molecule has 0 bridgehead atoms. The van der Waals surface area contributed by atoms with Gasteiger partial charge in [-0.15, -0.1) is 0 Å². The minimum atomic E-state index is 0.265. The summed E-state index contributed by atoms with van der Waals surface area (Å²) in [6.07, 6.45) is 5.50. The van der Waals surface area contributed by atoms with Gasteiger partial charge in [0.1, 0.15) is 5.82 Å². The van der Waals surface area contributed by atoms with Crippen LogP contribution < -0.4 is 10.6 Å². The molecule has 0 aliphatic carbocycles. The maximum Gasteiger partial charge on any atom is 0.222 e. The number of carbonyl (C=O) groups is 1. The molecule has 0 spiro atoms. The number of thioether (sulfide) groups is 1. The molecule has 0 radical (unpaired) electrons. The van der Waals surface area contributed by atoms with E-state index in [2.05, 4.69) is 39.7 Å². The fraction of sp³-hybridized carbons (Fsp3) is 0.421. The SMILES string of the molecule is CSc1ncc(CNCCN2CCCC2=O)c(Nc2cccc(C)c2)n1. The predicted molar refractivity (Wildman–Crippen MR) is 106 cm³/mol. The normalized spacial score (nSPS) is 14.1. The summed E-state index contributed by atoms with van der Waals surface area (Å²) in [6.45, 7) is 5.13. The van der Waals surface area contributed by atoms with E-state index in [-0.39, 0.29) is 5.91 Å². The van der Waals surface area contributed by atoms with E-state index < -0.39 is 0 Å². The average molecular weight is 372 g/mol. The molecule has 1 amide bonds. The summed E-state index contributed by atoms with van der Waals surface area (Å²) < 4.78 is 0. The predicted octanol–water partition coefficient (Wildman–Crippen LogP) is 2.96. The van der Waals surface area contributed by atoms with Crippen molar-refractivity contribution in [1.82, 2.24) is 20.2 Å². The van der Waals surface area contributed by atoms with E-state index in [0.29, 0.717) is 13.0 Å². The van der Waals surface area contributed by atoms with Gasteiger partial charge in [-0.1, -0.05) is 23.9 Å². The minimum absolute atomic E-state index is 0.265. The van der Waals surface area contributed by atoms with Crippen molar-refractivity contribution in [2.75, 3.05) is 31.2 Å². The molecule has 2 N–H and O–H groups in total. The Morgan fingerprint density at radius 1 is 1.35 bits per heavy atom. The van der Waals surface area contributed by atoms with Crippen molar-refractivity contribution in [2.24, 2.45) is 0 Å². The Kier molecular flexibility index (Phi) is 6.46. The van der Waals surface area contributed by atoms with E-state index in [1.807, 2.05) is 29.5 Å². The van der Waals surface area contributed by atoms with Gasteiger partial charge in [-0.05, 0) is 37.3 Å². The first-order valence-electron chi connectivity index (χ1n) is 8.88. The maximum atomic E-state index is 11.7. The first kappa shape index (κ1) is 18.7. The Labute approximate surface area is 158 Å². The zero-order valence-corrected chi connectivity index (χ0v) is 16.1. The number of carbonyl (C=O) groups excluding carboxylic acids is 1.